The molecule has 0 fully saturated rings. The van der Waals surface area contributed by atoms with Crippen LogP contribution in [0.25, 0.3) is 22.5 Å². The molecule has 0 aliphatic rings. The van der Waals surface area contributed by atoms with Crippen LogP contribution in [0.2, 0.25) is 0 Å². The van der Waals surface area contributed by atoms with Gasteiger partial charge in [0.15, 0.2) is 5.82 Å². The quantitative estimate of drug-likeness (QED) is 0.0943. The van der Waals surface area contributed by atoms with Crippen molar-refractivity contribution < 1.29 is 14.3 Å². The van der Waals surface area contributed by atoms with Gasteiger partial charge in [0.05, 0.1) is 11.5 Å². The molecule has 3 aromatic carbocycles. The molecule has 1 unspecified atom stereocenters. The molecule has 266 valence electrons. The van der Waals surface area contributed by atoms with Crippen LogP contribution in [0.1, 0.15) is 85.5 Å². The van der Waals surface area contributed by atoms with Crippen LogP contribution in [0.4, 0.5) is 0 Å². The van der Waals surface area contributed by atoms with E-state index in [9.17, 15) is 9.59 Å². The van der Waals surface area contributed by atoms with Crippen molar-refractivity contribution in [1.82, 2.24) is 20.6 Å². The molecule has 5 rings (SSSR count). The molecule has 0 saturated carbocycles. The van der Waals surface area contributed by atoms with Gasteiger partial charge in [-0.3, -0.25) is 9.59 Å². The lowest BCUT2D eigenvalue weighted by atomic mass is 9.95. The maximum absolute atomic E-state index is 13.5. The van der Waals surface area contributed by atoms with Gasteiger partial charge in [0, 0.05) is 41.4 Å². The molecule has 0 radical (unpaired) electrons. The maximum Gasteiger partial charge on any atom is 0.262 e. The summed E-state index contributed by atoms with van der Waals surface area (Å²) in [5.41, 5.74) is 4.83. The van der Waals surface area contributed by atoms with Crippen LogP contribution in [0.5, 0.6) is 5.75 Å². The lowest BCUT2D eigenvalue weighted by Crippen LogP contribution is -2.48. The summed E-state index contributed by atoms with van der Waals surface area (Å²) in [6.07, 6.45) is 10.8. The van der Waals surface area contributed by atoms with Crippen molar-refractivity contribution in [3.8, 4) is 28.3 Å². The van der Waals surface area contributed by atoms with E-state index in [0.717, 1.165) is 51.5 Å². The Bertz CT molecular complexity index is 1810. The minimum absolute atomic E-state index is 0.0586. The first-order chi connectivity index (χ1) is 24.7. The second-order valence-corrected chi connectivity index (χ2v) is 15.0. The predicted octanol–water partition coefficient (Wildman–Crippen LogP) is 9.22. The van der Waals surface area contributed by atoms with E-state index in [4.69, 9.17) is 4.74 Å². The third-order valence-electron chi connectivity index (χ3n) is 8.75. The van der Waals surface area contributed by atoms with Crippen LogP contribution < -0.4 is 15.4 Å². The summed E-state index contributed by atoms with van der Waals surface area (Å²) in [4.78, 5) is 37.8. The first-order valence-electron chi connectivity index (χ1n) is 18.1. The number of nitrogens with zero attached hydrogens (tertiary/aromatic N) is 2. The first kappa shape index (κ1) is 37.4. The van der Waals surface area contributed by atoms with Crippen molar-refractivity contribution in [2.45, 2.75) is 84.1 Å². The molecule has 7 nitrogen and oxygen atoms in total. The zero-order chi connectivity index (χ0) is 36.1. The Morgan fingerprint density at radius 1 is 0.765 bits per heavy atom. The number of unbranched alkanes of at least 4 members (excludes halogenated alkanes) is 4. The number of hydrogen-bond donors (Lipinski definition) is 2. The highest BCUT2D eigenvalue weighted by molar-refractivity contribution is 7.14. The number of carbonyl (C=O) groups is 2. The number of nitrogens with one attached hydrogen (secondary N) is 2. The largest absolute Gasteiger partial charge is 0.494 e. The monoisotopic (exact) mass is 702 g/mol. The molecule has 51 heavy (non-hydrogen) atoms. The van der Waals surface area contributed by atoms with Gasteiger partial charge in [-0.15, -0.1) is 11.3 Å². The highest BCUT2D eigenvalue weighted by Gasteiger charge is 2.24. The Labute approximate surface area is 306 Å². The van der Waals surface area contributed by atoms with E-state index in [1.165, 1.54) is 37.0 Å². The Morgan fingerprint density at radius 2 is 1.45 bits per heavy atom. The Kier molecular flexibility index (Phi) is 13.5. The second-order valence-electron chi connectivity index (χ2n) is 14.0. The molecule has 0 bridgehead atoms. The van der Waals surface area contributed by atoms with E-state index in [1.807, 2.05) is 103 Å². The van der Waals surface area contributed by atoms with Crippen molar-refractivity contribution >= 4 is 23.2 Å². The minimum Gasteiger partial charge on any atom is -0.494 e. The van der Waals surface area contributed by atoms with Crippen LogP contribution in [-0.2, 0) is 23.1 Å². The molecule has 0 aliphatic heterocycles. The SMILES string of the molecule is CCCCCCCOc1ccc(-c2cnc(-c3ccc(CC(NC(=O)c4ccc(C(C)(C)C)s4)C(=O)NCCc4ccccc4)cc3)nc2)cc1. The summed E-state index contributed by atoms with van der Waals surface area (Å²) in [6, 6.07) is 29.0. The third-order valence-corrected chi connectivity index (χ3v) is 10.3. The molecule has 1 atom stereocenters. The molecule has 0 saturated heterocycles. The Balaban J connectivity index is 1.21. The number of amides is 2. The van der Waals surface area contributed by atoms with E-state index < -0.39 is 6.04 Å². The van der Waals surface area contributed by atoms with Crippen LogP contribution >= 0.6 is 11.3 Å². The number of thiophene rings is 1. The zero-order valence-electron chi connectivity index (χ0n) is 30.3. The van der Waals surface area contributed by atoms with Crippen molar-refractivity contribution in [1.29, 1.82) is 0 Å². The van der Waals surface area contributed by atoms with E-state index in [-0.39, 0.29) is 17.2 Å². The van der Waals surface area contributed by atoms with Crippen LogP contribution in [0, 0.1) is 0 Å². The van der Waals surface area contributed by atoms with Gasteiger partial charge in [0.25, 0.3) is 5.91 Å². The topological polar surface area (TPSA) is 93.2 Å². The van der Waals surface area contributed by atoms with Crippen molar-refractivity contribution in [2.75, 3.05) is 13.2 Å². The highest BCUT2D eigenvalue weighted by atomic mass is 32.1. The first-order valence-corrected chi connectivity index (χ1v) is 18.9. The van der Waals surface area contributed by atoms with Gasteiger partial charge >= 0.3 is 0 Å². The molecule has 2 N–H and O–H groups in total. The number of hydrogen-bond acceptors (Lipinski definition) is 6. The molecular weight excluding hydrogens is 653 g/mol. The van der Waals surface area contributed by atoms with Gasteiger partial charge in [0.2, 0.25) is 5.91 Å². The second kappa shape index (κ2) is 18.4. The fourth-order valence-corrected chi connectivity index (χ4v) is 6.66. The van der Waals surface area contributed by atoms with E-state index in [1.54, 1.807) is 0 Å². The van der Waals surface area contributed by atoms with Crippen LogP contribution in [0.3, 0.4) is 0 Å². The number of ether oxygens (including phenoxy) is 1. The minimum atomic E-state index is -0.738. The molecule has 8 heteroatoms. The lowest BCUT2D eigenvalue weighted by Gasteiger charge is -2.19. The Morgan fingerprint density at radius 3 is 2.12 bits per heavy atom. The van der Waals surface area contributed by atoms with Gasteiger partial charge in [-0.2, -0.15) is 0 Å². The molecule has 5 aromatic rings. The maximum atomic E-state index is 13.5. The third kappa shape index (κ3) is 11.3. The predicted molar refractivity (Wildman–Crippen MR) is 208 cm³/mol. The summed E-state index contributed by atoms with van der Waals surface area (Å²) in [5.74, 6) is 1.03. The number of rotatable bonds is 17. The zero-order valence-corrected chi connectivity index (χ0v) is 31.1. The Hall–Kier alpha value is -4.82. The number of carbonyl (C=O) groups excluding carboxylic acids is 2. The average Bonchev–Trinajstić information content (AvgIpc) is 3.66. The smallest absolute Gasteiger partial charge is 0.262 e. The van der Waals surface area contributed by atoms with Gasteiger partial charge in [-0.1, -0.05) is 120 Å². The fraction of sp³-hybridized carbons (Fsp3) is 0.349. The molecule has 0 spiro atoms. The van der Waals surface area contributed by atoms with E-state index in [2.05, 4.69) is 48.3 Å². The van der Waals surface area contributed by atoms with Crippen LogP contribution in [-0.4, -0.2) is 41.0 Å². The van der Waals surface area contributed by atoms with Gasteiger partial charge in [-0.05, 0) is 59.2 Å². The molecule has 2 aromatic heterocycles. The van der Waals surface area contributed by atoms with Gasteiger partial charge in [-0.25, -0.2) is 9.97 Å². The molecule has 0 aliphatic carbocycles. The number of benzene rings is 3. The normalized spacial score (nSPS) is 11.9. The lowest BCUT2D eigenvalue weighted by molar-refractivity contribution is -0.122. The van der Waals surface area contributed by atoms with E-state index in [0.29, 0.717) is 30.1 Å². The summed E-state index contributed by atoms with van der Waals surface area (Å²) >= 11 is 1.46. The summed E-state index contributed by atoms with van der Waals surface area (Å²) in [5, 5.41) is 6.05. The standard InChI is InChI=1S/C43H50N4O3S/c1-5-6-7-8-12-27-50-36-21-19-33(20-22-36)35-29-45-40(46-30-35)34-17-15-32(16-18-34)28-37(41(48)44-26-25-31-13-10-9-11-14-31)47-42(49)38-23-24-39(51-38)43(2,3)4/h9-11,13-24,29-30,37H,5-8,12,25-28H2,1-4H3,(H,44,48)(H,47,49). The van der Waals surface area contributed by atoms with Gasteiger partial charge in [0.1, 0.15) is 11.8 Å². The fourth-order valence-electron chi connectivity index (χ4n) is 5.69. The summed E-state index contributed by atoms with van der Waals surface area (Å²) < 4.78 is 5.91. The molecule has 2 heterocycles. The average molecular weight is 703 g/mol. The molecule has 2 amide bonds. The summed E-state index contributed by atoms with van der Waals surface area (Å²) in [6.45, 7) is 9.81. The van der Waals surface area contributed by atoms with Crippen LogP contribution in [0.15, 0.2) is 103 Å². The van der Waals surface area contributed by atoms with Gasteiger partial charge < -0.3 is 15.4 Å². The highest BCUT2D eigenvalue weighted by Crippen LogP contribution is 2.29. The van der Waals surface area contributed by atoms with Crippen molar-refractivity contribution in [2.24, 2.45) is 0 Å². The molecular formula is C43H50N4O3S. The summed E-state index contributed by atoms with van der Waals surface area (Å²) in [7, 11) is 0. The van der Waals surface area contributed by atoms with Crippen molar-refractivity contribution in [3.63, 3.8) is 0 Å². The van der Waals surface area contributed by atoms with E-state index >= 15 is 0 Å². The van der Waals surface area contributed by atoms with Crippen molar-refractivity contribution in [3.05, 3.63) is 124 Å². The number of aromatic nitrogens is 2.